The van der Waals surface area contributed by atoms with Gasteiger partial charge in [0.2, 0.25) is 0 Å². The summed E-state index contributed by atoms with van der Waals surface area (Å²) in [5, 5.41) is 18.3. The molecule has 1 unspecified atom stereocenters. The van der Waals surface area contributed by atoms with Gasteiger partial charge in [-0.25, -0.2) is 5.48 Å². The highest BCUT2D eigenvalue weighted by atomic mass is 16.5. The lowest BCUT2D eigenvalue weighted by molar-refractivity contribution is 0.0920. The molecule has 0 aromatic heterocycles. The third kappa shape index (κ3) is 2.95. The maximum absolute atomic E-state index is 9.73. The zero-order chi connectivity index (χ0) is 12.1. The van der Waals surface area contributed by atoms with Crippen molar-refractivity contribution in [2.75, 3.05) is 13.7 Å². The number of hydrogen-bond acceptors (Lipinski definition) is 4. The van der Waals surface area contributed by atoms with E-state index in [9.17, 15) is 5.11 Å². The molecule has 1 aromatic rings. The Morgan fingerprint density at radius 1 is 1.38 bits per heavy atom. The van der Waals surface area contributed by atoms with Crippen LogP contribution in [-0.2, 0) is 0 Å². The van der Waals surface area contributed by atoms with Crippen LogP contribution in [0, 0.1) is 0 Å². The van der Waals surface area contributed by atoms with E-state index >= 15 is 0 Å². The van der Waals surface area contributed by atoms with E-state index in [1.165, 1.54) is 0 Å². The molecule has 4 heteroatoms. The van der Waals surface area contributed by atoms with Crippen LogP contribution < -0.4 is 10.2 Å². The molecule has 0 aliphatic heterocycles. The fourth-order valence-corrected chi connectivity index (χ4v) is 1.62. The van der Waals surface area contributed by atoms with E-state index in [-0.39, 0.29) is 6.54 Å². The predicted octanol–water partition coefficient (Wildman–Crippen LogP) is 1.83. The minimum atomic E-state index is -0.714. The van der Waals surface area contributed by atoms with Gasteiger partial charge in [-0.2, -0.15) is 0 Å². The number of methoxy groups -OCH3 is 1. The first kappa shape index (κ1) is 13.0. The fourth-order valence-electron chi connectivity index (χ4n) is 1.62. The van der Waals surface area contributed by atoms with E-state index in [1.54, 1.807) is 13.2 Å². The SMILES string of the molecule is COc1ccc(C(O)CNO)cc1C(C)C. The number of hydrogen-bond donors (Lipinski definition) is 3. The fraction of sp³-hybridized carbons (Fsp3) is 0.500. The van der Waals surface area contributed by atoms with Gasteiger partial charge in [-0.15, -0.1) is 0 Å². The number of nitrogens with one attached hydrogen (secondary N) is 1. The van der Waals surface area contributed by atoms with Gasteiger partial charge in [-0.05, 0) is 29.2 Å². The van der Waals surface area contributed by atoms with Gasteiger partial charge >= 0.3 is 0 Å². The second-order valence-electron chi connectivity index (χ2n) is 4.03. The number of ether oxygens (including phenoxy) is 1. The number of benzene rings is 1. The van der Waals surface area contributed by atoms with Crippen molar-refractivity contribution in [3.05, 3.63) is 29.3 Å². The van der Waals surface area contributed by atoms with Crippen LogP contribution in [0.15, 0.2) is 18.2 Å². The van der Waals surface area contributed by atoms with E-state index in [4.69, 9.17) is 9.94 Å². The second-order valence-corrected chi connectivity index (χ2v) is 4.03. The molecule has 90 valence electrons. The van der Waals surface area contributed by atoms with Gasteiger partial charge in [0.1, 0.15) is 5.75 Å². The lowest BCUT2D eigenvalue weighted by Crippen LogP contribution is -2.17. The normalized spacial score (nSPS) is 12.9. The number of rotatable bonds is 5. The molecule has 0 bridgehead atoms. The maximum atomic E-state index is 9.73. The minimum Gasteiger partial charge on any atom is -0.496 e. The van der Waals surface area contributed by atoms with E-state index < -0.39 is 6.10 Å². The summed E-state index contributed by atoms with van der Waals surface area (Å²) in [5.74, 6) is 1.15. The lowest BCUT2D eigenvalue weighted by Gasteiger charge is -2.16. The van der Waals surface area contributed by atoms with Crippen molar-refractivity contribution in [3.63, 3.8) is 0 Å². The summed E-state index contributed by atoms with van der Waals surface area (Å²) in [6.07, 6.45) is -0.714. The highest BCUT2D eigenvalue weighted by Gasteiger charge is 2.12. The van der Waals surface area contributed by atoms with Crippen LogP contribution in [0.3, 0.4) is 0 Å². The standard InChI is InChI=1S/C12H19NO3/c1-8(2)10-6-9(11(14)7-13-15)4-5-12(10)16-3/h4-6,8,11,13-15H,7H2,1-3H3. The highest BCUT2D eigenvalue weighted by molar-refractivity contribution is 5.40. The molecular formula is C12H19NO3. The summed E-state index contributed by atoms with van der Waals surface area (Å²) in [5.41, 5.74) is 3.78. The third-order valence-electron chi connectivity index (χ3n) is 2.55. The molecule has 0 aliphatic rings. The highest BCUT2D eigenvalue weighted by Crippen LogP contribution is 2.29. The molecule has 0 fully saturated rings. The van der Waals surface area contributed by atoms with E-state index in [0.717, 1.165) is 16.9 Å². The Kier molecular flexibility index (Phi) is 4.73. The average molecular weight is 225 g/mol. The van der Waals surface area contributed by atoms with Crippen LogP contribution >= 0.6 is 0 Å². The second kappa shape index (κ2) is 5.84. The van der Waals surface area contributed by atoms with Gasteiger partial charge in [0.15, 0.2) is 0 Å². The van der Waals surface area contributed by atoms with Crippen molar-refractivity contribution in [1.29, 1.82) is 0 Å². The molecule has 0 spiro atoms. The summed E-state index contributed by atoms with van der Waals surface area (Å²) < 4.78 is 5.25. The van der Waals surface area contributed by atoms with Crippen LogP contribution in [0.2, 0.25) is 0 Å². The smallest absolute Gasteiger partial charge is 0.122 e. The first-order valence-corrected chi connectivity index (χ1v) is 5.33. The van der Waals surface area contributed by atoms with Gasteiger partial charge in [0, 0.05) is 0 Å². The summed E-state index contributed by atoms with van der Waals surface area (Å²) in [6, 6.07) is 5.55. The Balaban J connectivity index is 3.01. The molecule has 3 N–H and O–H groups in total. The zero-order valence-corrected chi connectivity index (χ0v) is 9.90. The summed E-state index contributed by atoms with van der Waals surface area (Å²) >= 11 is 0. The van der Waals surface area contributed by atoms with Crippen molar-refractivity contribution in [1.82, 2.24) is 5.48 Å². The molecule has 0 heterocycles. The van der Waals surface area contributed by atoms with Crippen molar-refractivity contribution in [2.45, 2.75) is 25.9 Å². The molecule has 1 atom stereocenters. The molecule has 0 aliphatic carbocycles. The first-order valence-electron chi connectivity index (χ1n) is 5.33. The molecule has 1 rings (SSSR count). The van der Waals surface area contributed by atoms with Crippen LogP contribution in [-0.4, -0.2) is 24.0 Å². The van der Waals surface area contributed by atoms with Gasteiger partial charge < -0.3 is 15.1 Å². The molecule has 0 saturated heterocycles. The Morgan fingerprint density at radius 3 is 2.56 bits per heavy atom. The van der Waals surface area contributed by atoms with Gasteiger partial charge in [0.05, 0.1) is 19.8 Å². The Labute approximate surface area is 95.8 Å². The molecule has 0 amide bonds. The minimum absolute atomic E-state index is 0.115. The van der Waals surface area contributed by atoms with Crippen molar-refractivity contribution < 1.29 is 15.1 Å². The van der Waals surface area contributed by atoms with Crippen molar-refractivity contribution >= 4 is 0 Å². The van der Waals surface area contributed by atoms with Crippen molar-refractivity contribution in [2.24, 2.45) is 0 Å². The average Bonchev–Trinajstić information content (AvgIpc) is 2.28. The lowest BCUT2D eigenvalue weighted by atomic mass is 9.97. The molecule has 1 aromatic carbocycles. The van der Waals surface area contributed by atoms with Crippen molar-refractivity contribution in [3.8, 4) is 5.75 Å². The zero-order valence-electron chi connectivity index (χ0n) is 9.90. The quantitative estimate of drug-likeness (QED) is 0.669. The Hall–Kier alpha value is -1.10. The third-order valence-corrected chi connectivity index (χ3v) is 2.55. The van der Waals surface area contributed by atoms with Crippen LogP contribution in [0.4, 0.5) is 0 Å². The largest absolute Gasteiger partial charge is 0.496 e. The van der Waals surface area contributed by atoms with Gasteiger partial charge in [-0.1, -0.05) is 19.9 Å². The monoisotopic (exact) mass is 225 g/mol. The van der Waals surface area contributed by atoms with Gasteiger partial charge in [0.25, 0.3) is 0 Å². The topological polar surface area (TPSA) is 61.7 Å². The summed E-state index contributed by atoms with van der Waals surface area (Å²) in [7, 11) is 1.63. The van der Waals surface area contributed by atoms with E-state index in [1.807, 2.05) is 17.6 Å². The first-order chi connectivity index (χ1) is 7.60. The van der Waals surface area contributed by atoms with Gasteiger partial charge in [-0.3, -0.25) is 0 Å². The summed E-state index contributed by atoms with van der Waals surface area (Å²) in [4.78, 5) is 0. The van der Waals surface area contributed by atoms with Crippen LogP contribution in [0.1, 0.15) is 37.0 Å². The number of aliphatic hydroxyl groups excluding tert-OH is 1. The van der Waals surface area contributed by atoms with E-state index in [2.05, 4.69) is 13.8 Å². The van der Waals surface area contributed by atoms with Crippen LogP contribution in [0.25, 0.3) is 0 Å². The molecule has 16 heavy (non-hydrogen) atoms. The molecular weight excluding hydrogens is 206 g/mol. The molecule has 0 saturated carbocycles. The number of aliphatic hydroxyl groups is 1. The predicted molar refractivity (Wildman–Crippen MR) is 61.8 cm³/mol. The Morgan fingerprint density at radius 2 is 2.06 bits per heavy atom. The Bertz CT molecular complexity index is 339. The van der Waals surface area contributed by atoms with E-state index in [0.29, 0.717) is 5.92 Å². The maximum Gasteiger partial charge on any atom is 0.122 e. The molecule has 4 nitrogen and oxygen atoms in total. The summed E-state index contributed by atoms with van der Waals surface area (Å²) in [6.45, 7) is 4.25. The van der Waals surface area contributed by atoms with Crippen LogP contribution in [0.5, 0.6) is 5.75 Å². The number of hydroxylamine groups is 1. The molecule has 0 radical (unpaired) electrons.